The molecule has 0 bridgehead atoms. The second-order valence-electron chi connectivity index (χ2n) is 2.60. The molecule has 1 nitrogen and oxygen atoms in total. The maximum atomic E-state index is 5.29. The fourth-order valence-corrected chi connectivity index (χ4v) is 4.07. The topological polar surface area (TPSA) is 9.23 Å². The van der Waals surface area contributed by atoms with Crippen LogP contribution in [-0.2, 0) is 4.74 Å². The summed E-state index contributed by atoms with van der Waals surface area (Å²) in [6.45, 7) is 6.74. The molecule has 0 amide bonds. The molecule has 1 aliphatic heterocycles. The van der Waals surface area contributed by atoms with Crippen molar-refractivity contribution in [2.45, 2.75) is 28.1 Å². The summed E-state index contributed by atoms with van der Waals surface area (Å²) in [7, 11) is 0. The Balaban J connectivity index is 2.11. The summed E-state index contributed by atoms with van der Waals surface area (Å²) in [6.07, 6.45) is 1.34. The molecule has 1 aliphatic rings. The van der Waals surface area contributed by atoms with E-state index in [4.69, 9.17) is 4.74 Å². The van der Waals surface area contributed by atoms with E-state index in [2.05, 4.69) is 13.8 Å². The number of halogens is 1. The predicted octanol–water partition coefficient (Wildman–Crippen LogP) is -1.73. The minimum absolute atomic E-state index is 0.437. The summed E-state index contributed by atoms with van der Waals surface area (Å²) in [5.41, 5.74) is 0. The van der Waals surface area contributed by atoms with Crippen molar-refractivity contribution in [1.29, 1.82) is 0 Å². The Morgan fingerprint density at radius 1 is 1.56 bits per heavy atom. The Morgan fingerprint density at radius 2 is 2.33 bits per heavy atom. The van der Waals surface area contributed by atoms with Gasteiger partial charge < -0.3 is 0 Å². The summed E-state index contributed by atoms with van der Waals surface area (Å²) in [4.78, 5) is 0. The molecule has 0 aromatic rings. The van der Waals surface area contributed by atoms with Gasteiger partial charge in [0.2, 0.25) is 0 Å². The van der Waals surface area contributed by atoms with Crippen molar-refractivity contribution in [2.75, 3.05) is 13.2 Å². The van der Waals surface area contributed by atoms with E-state index in [1.165, 1.54) is 6.42 Å². The van der Waals surface area contributed by atoms with Gasteiger partial charge in [-0.05, 0) is 0 Å². The van der Waals surface area contributed by atoms with Gasteiger partial charge in [0.05, 0.1) is 0 Å². The van der Waals surface area contributed by atoms with Crippen LogP contribution in [0.2, 0.25) is 0 Å². The van der Waals surface area contributed by atoms with Crippen molar-refractivity contribution < 1.29 is 25.9 Å². The molecule has 1 rings (SSSR count). The summed E-state index contributed by atoms with van der Waals surface area (Å²) in [5.74, 6) is 0. The van der Waals surface area contributed by atoms with Crippen LogP contribution in [0, 0.1) is 0 Å². The summed E-state index contributed by atoms with van der Waals surface area (Å²) in [5, 5.41) is 0. The number of hydrogen-bond acceptors (Lipinski definition) is 1. The van der Waals surface area contributed by atoms with Crippen molar-refractivity contribution in [1.82, 2.24) is 0 Å². The van der Waals surface area contributed by atoms with Crippen LogP contribution in [0.3, 0.4) is 0 Å². The van der Waals surface area contributed by atoms with E-state index in [0.29, 0.717) is 21.2 Å². The quantitative estimate of drug-likeness (QED) is 0.412. The van der Waals surface area contributed by atoms with Gasteiger partial charge in [-0.1, -0.05) is 0 Å². The molecule has 1 heterocycles. The first kappa shape index (κ1) is 7.79. The van der Waals surface area contributed by atoms with E-state index in [-0.39, 0.29) is 0 Å². The molecular weight excluding hydrogens is 227 g/mol. The molecule has 1 saturated heterocycles. The van der Waals surface area contributed by atoms with Gasteiger partial charge in [-0.3, -0.25) is 0 Å². The Hall–Kier alpha value is 0.690. The maximum absolute atomic E-state index is 5.29. The third-order valence-electron chi connectivity index (χ3n) is 1.30. The summed E-state index contributed by atoms with van der Waals surface area (Å²) < 4.78 is 7.22. The van der Waals surface area contributed by atoms with Crippen LogP contribution in [-0.4, -0.2) is 21.1 Å². The third kappa shape index (κ3) is 2.85. The van der Waals surface area contributed by atoms with E-state index in [1.54, 1.807) is 0 Å². The Kier molecular flexibility index (Phi) is 3.26. The van der Waals surface area contributed by atoms with Crippen LogP contribution in [0.15, 0.2) is 0 Å². The molecule has 9 heavy (non-hydrogen) atoms. The first-order valence-corrected chi connectivity index (χ1v) is 5.98. The average molecular weight is 241 g/mol. The molecule has 0 saturated carbocycles. The SMILES string of the molecule is CC(C)[I-][C@H]1CCOC1. The molecule has 0 spiro atoms. The fraction of sp³-hybridized carbons (Fsp3) is 1.00. The van der Waals surface area contributed by atoms with Crippen molar-refractivity contribution in [3.63, 3.8) is 0 Å². The molecule has 0 unspecified atom stereocenters. The van der Waals surface area contributed by atoms with E-state index in [0.717, 1.165) is 21.1 Å². The Bertz CT molecular complexity index is 77.0. The van der Waals surface area contributed by atoms with Gasteiger partial charge in [0.1, 0.15) is 0 Å². The normalized spacial score (nSPS) is 28.1. The minimum atomic E-state index is 0.437. The van der Waals surface area contributed by atoms with Crippen LogP contribution in [0.25, 0.3) is 0 Å². The third-order valence-corrected chi connectivity index (χ3v) is 4.74. The zero-order chi connectivity index (χ0) is 6.69. The summed E-state index contributed by atoms with van der Waals surface area (Å²) >= 11 is 0.437. The number of alkyl halides is 2. The molecule has 0 aromatic carbocycles. The van der Waals surface area contributed by atoms with Crippen LogP contribution < -0.4 is 21.2 Å². The molecule has 0 aliphatic carbocycles. The first-order chi connectivity index (χ1) is 4.29. The van der Waals surface area contributed by atoms with Crippen LogP contribution >= 0.6 is 0 Å². The molecule has 56 valence electrons. The average Bonchev–Trinajstić information content (AvgIpc) is 2.15. The van der Waals surface area contributed by atoms with Gasteiger partial charge in [0.15, 0.2) is 0 Å². The molecule has 0 aromatic heterocycles. The van der Waals surface area contributed by atoms with Crippen LogP contribution in [0.5, 0.6) is 0 Å². The monoisotopic (exact) mass is 241 g/mol. The predicted molar refractivity (Wildman–Crippen MR) is 34.4 cm³/mol. The Labute approximate surface area is 67.4 Å². The molecule has 1 atom stereocenters. The van der Waals surface area contributed by atoms with E-state index in [1.807, 2.05) is 0 Å². The molecule has 0 radical (unpaired) electrons. The van der Waals surface area contributed by atoms with Crippen LogP contribution in [0.4, 0.5) is 0 Å². The van der Waals surface area contributed by atoms with E-state index in [9.17, 15) is 0 Å². The van der Waals surface area contributed by atoms with Gasteiger partial charge in [0, 0.05) is 0 Å². The summed E-state index contributed by atoms with van der Waals surface area (Å²) in [6, 6.07) is 0. The van der Waals surface area contributed by atoms with Crippen molar-refractivity contribution >= 4 is 0 Å². The van der Waals surface area contributed by atoms with Gasteiger partial charge >= 0.3 is 67.3 Å². The van der Waals surface area contributed by atoms with Crippen molar-refractivity contribution in [3.05, 3.63) is 0 Å². The Morgan fingerprint density at radius 3 is 2.78 bits per heavy atom. The van der Waals surface area contributed by atoms with Crippen LogP contribution in [0.1, 0.15) is 20.3 Å². The fourth-order valence-electron chi connectivity index (χ4n) is 0.961. The zero-order valence-corrected chi connectivity index (χ0v) is 8.22. The second-order valence-corrected chi connectivity index (χ2v) is 7.57. The number of hydrogen-bond donors (Lipinski definition) is 0. The van der Waals surface area contributed by atoms with E-state index < -0.39 is 0 Å². The molecular formula is C7H14IO-. The molecule has 2 heteroatoms. The van der Waals surface area contributed by atoms with E-state index >= 15 is 0 Å². The van der Waals surface area contributed by atoms with Gasteiger partial charge in [-0.2, -0.15) is 0 Å². The zero-order valence-electron chi connectivity index (χ0n) is 6.06. The second kappa shape index (κ2) is 3.76. The van der Waals surface area contributed by atoms with Gasteiger partial charge in [-0.25, -0.2) is 0 Å². The number of rotatable bonds is 2. The van der Waals surface area contributed by atoms with Gasteiger partial charge in [-0.15, -0.1) is 0 Å². The van der Waals surface area contributed by atoms with Crippen molar-refractivity contribution in [3.8, 4) is 0 Å². The van der Waals surface area contributed by atoms with Crippen molar-refractivity contribution in [2.24, 2.45) is 0 Å². The first-order valence-electron chi connectivity index (χ1n) is 3.48. The number of ether oxygens (including phenoxy) is 1. The van der Waals surface area contributed by atoms with Gasteiger partial charge in [0.25, 0.3) is 0 Å². The standard InChI is InChI=1S/C7H14IO/c1-6(2)8-7-3-4-9-5-7/h6-7H,3-5H2,1-2H3/q-1/t7-/m0/s1. The molecule has 1 fully saturated rings. The molecule has 0 N–H and O–H groups in total.